The van der Waals surface area contributed by atoms with Gasteiger partial charge in [-0.1, -0.05) is 23.5 Å². The minimum absolute atomic E-state index is 0.0170. The number of hydrogen-bond acceptors (Lipinski definition) is 6. The summed E-state index contributed by atoms with van der Waals surface area (Å²) in [6.07, 6.45) is 1.43. The molecule has 2 heterocycles. The van der Waals surface area contributed by atoms with E-state index in [4.69, 9.17) is 9.84 Å². The van der Waals surface area contributed by atoms with E-state index in [1.54, 1.807) is 19.1 Å². The molecular weight excluding hydrogens is 466 g/mol. The van der Waals surface area contributed by atoms with Crippen LogP contribution >= 0.6 is 11.3 Å². The van der Waals surface area contributed by atoms with E-state index in [-0.39, 0.29) is 21.9 Å². The molecule has 0 aliphatic carbocycles. The highest BCUT2D eigenvalue weighted by atomic mass is 32.1. The summed E-state index contributed by atoms with van der Waals surface area (Å²) in [5, 5.41) is 14.0. The van der Waals surface area contributed by atoms with Crippen molar-refractivity contribution in [1.82, 2.24) is 15.3 Å². The molecule has 0 radical (unpaired) electrons. The zero-order valence-corrected chi connectivity index (χ0v) is 18.6. The number of halogens is 2. The van der Waals surface area contributed by atoms with Crippen molar-refractivity contribution in [3.63, 3.8) is 0 Å². The summed E-state index contributed by atoms with van der Waals surface area (Å²) in [4.78, 5) is 31.0. The van der Waals surface area contributed by atoms with E-state index in [0.717, 1.165) is 11.3 Å². The lowest BCUT2D eigenvalue weighted by Crippen LogP contribution is -2.28. The number of aliphatic carboxylic acids is 1. The second-order valence-electron chi connectivity index (χ2n) is 7.01. The van der Waals surface area contributed by atoms with Gasteiger partial charge in [0.15, 0.2) is 17.6 Å². The molecule has 0 saturated carbocycles. The first-order valence-electron chi connectivity index (χ1n) is 10.1. The van der Waals surface area contributed by atoms with Crippen molar-refractivity contribution in [2.24, 2.45) is 0 Å². The predicted octanol–water partition coefficient (Wildman–Crippen LogP) is 4.91. The van der Waals surface area contributed by atoms with Crippen LogP contribution in [-0.4, -0.2) is 40.2 Å². The number of carboxylic acid groups (broad SMARTS) is 1. The fourth-order valence-electron chi connectivity index (χ4n) is 3.25. The van der Waals surface area contributed by atoms with Gasteiger partial charge in [0.1, 0.15) is 22.8 Å². The summed E-state index contributed by atoms with van der Waals surface area (Å²) in [5.74, 6) is -2.08. The fourth-order valence-corrected chi connectivity index (χ4v) is 4.22. The van der Waals surface area contributed by atoms with Crippen LogP contribution in [0.15, 0.2) is 48.7 Å². The van der Waals surface area contributed by atoms with Gasteiger partial charge >= 0.3 is 12.0 Å². The number of fused-ring (bicyclic) bond motifs is 1. The summed E-state index contributed by atoms with van der Waals surface area (Å²) in [7, 11) is 0. The molecule has 0 saturated heterocycles. The number of amides is 2. The van der Waals surface area contributed by atoms with Gasteiger partial charge in [0.25, 0.3) is 0 Å². The number of pyridine rings is 1. The van der Waals surface area contributed by atoms with Crippen LogP contribution in [0.25, 0.3) is 32.6 Å². The third-order valence-corrected chi connectivity index (χ3v) is 5.71. The number of hydrogen-bond donors (Lipinski definition) is 3. The number of carbonyl (C=O) groups excluding carboxylic acids is 1. The van der Waals surface area contributed by atoms with E-state index < -0.39 is 30.2 Å². The molecule has 3 N–H and O–H groups in total. The first-order chi connectivity index (χ1) is 16.4. The number of urea groups is 1. The molecular formula is C23H18F2N4O4S. The van der Waals surface area contributed by atoms with Crippen molar-refractivity contribution in [3.8, 4) is 28.1 Å². The van der Waals surface area contributed by atoms with Crippen LogP contribution in [0, 0.1) is 11.6 Å². The van der Waals surface area contributed by atoms with Crippen LogP contribution in [0.2, 0.25) is 0 Å². The molecule has 2 amide bonds. The Balaban J connectivity index is 1.84. The lowest BCUT2D eigenvalue weighted by atomic mass is 9.99. The second-order valence-corrected chi connectivity index (χ2v) is 8.01. The van der Waals surface area contributed by atoms with Crippen molar-refractivity contribution in [2.75, 3.05) is 18.5 Å². The molecule has 0 aliphatic heterocycles. The lowest BCUT2D eigenvalue weighted by molar-refractivity contribution is -0.139. The minimum atomic E-state index is -1.12. The van der Waals surface area contributed by atoms with E-state index in [1.807, 2.05) is 0 Å². The first-order valence-corrected chi connectivity index (χ1v) is 10.9. The molecule has 8 nitrogen and oxygen atoms in total. The molecule has 4 rings (SSSR count). The highest BCUT2D eigenvalue weighted by Gasteiger charge is 2.22. The summed E-state index contributed by atoms with van der Waals surface area (Å²) < 4.78 is 35.7. The molecule has 34 heavy (non-hydrogen) atoms. The third-order valence-electron chi connectivity index (χ3n) is 4.70. The lowest BCUT2D eigenvalue weighted by Gasteiger charge is -2.10. The molecule has 0 fully saturated rings. The number of carboxylic acids is 1. The maximum absolute atomic E-state index is 15.6. The summed E-state index contributed by atoms with van der Waals surface area (Å²) in [5.41, 5.74) is 0.860. The molecule has 4 aromatic rings. The van der Waals surface area contributed by atoms with Crippen molar-refractivity contribution >= 4 is 38.7 Å². The average Bonchev–Trinajstić information content (AvgIpc) is 3.23. The van der Waals surface area contributed by atoms with E-state index in [9.17, 15) is 14.0 Å². The van der Waals surface area contributed by atoms with Crippen molar-refractivity contribution in [1.29, 1.82) is 0 Å². The van der Waals surface area contributed by atoms with Crippen molar-refractivity contribution < 1.29 is 28.2 Å². The average molecular weight is 484 g/mol. The Bertz CT molecular complexity index is 1380. The van der Waals surface area contributed by atoms with Crippen LogP contribution < -0.4 is 15.4 Å². The van der Waals surface area contributed by atoms with Crippen LogP contribution in [0.3, 0.4) is 0 Å². The number of nitrogens with one attached hydrogen (secondary N) is 2. The van der Waals surface area contributed by atoms with Crippen molar-refractivity contribution in [3.05, 3.63) is 60.3 Å². The number of anilines is 1. The quantitative estimate of drug-likeness (QED) is 0.344. The van der Waals surface area contributed by atoms with Gasteiger partial charge in [-0.15, -0.1) is 0 Å². The van der Waals surface area contributed by atoms with Gasteiger partial charge in [-0.2, -0.15) is 0 Å². The van der Waals surface area contributed by atoms with Crippen LogP contribution in [0.1, 0.15) is 6.92 Å². The van der Waals surface area contributed by atoms with E-state index >= 15 is 4.39 Å². The van der Waals surface area contributed by atoms with E-state index in [2.05, 4.69) is 20.6 Å². The van der Waals surface area contributed by atoms with E-state index in [0.29, 0.717) is 28.1 Å². The first kappa shape index (κ1) is 23.1. The molecule has 0 aliphatic rings. The van der Waals surface area contributed by atoms with Gasteiger partial charge in [-0.3, -0.25) is 10.3 Å². The Morgan fingerprint density at radius 1 is 1.15 bits per heavy atom. The monoisotopic (exact) mass is 484 g/mol. The number of carbonyl (C=O) groups is 2. The molecule has 174 valence electrons. The normalized spacial score (nSPS) is 10.8. The molecule has 0 bridgehead atoms. The number of rotatable bonds is 7. The zero-order chi connectivity index (χ0) is 24.2. The smallest absolute Gasteiger partial charge is 0.341 e. The van der Waals surface area contributed by atoms with Crippen LogP contribution in [0.5, 0.6) is 5.75 Å². The number of aromatic nitrogens is 2. The SMILES string of the molecule is CCNC(=O)Nc1nc2c(F)c(-c3ccc(OCC(=O)O)cc3)cc(-c3ncccc3F)c2s1. The number of benzene rings is 2. The number of thiazole rings is 1. The van der Waals surface area contributed by atoms with Gasteiger partial charge in [-0.25, -0.2) is 23.4 Å². The standard InChI is InChI=1S/C23H18F2N4O4S/c1-2-26-22(32)29-23-28-20-18(25)14(12-5-7-13(8-6-12)33-11-17(30)31)10-15(21(20)34-23)19-16(24)4-3-9-27-19/h3-10H,2,11H2,1H3,(H,30,31)(H2,26,28,29,32). The Hall–Kier alpha value is -4.12. The Labute approximate surface area is 196 Å². The van der Waals surface area contributed by atoms with Gasteiger partial charge in [-0.05, 0) is 42.8 Å². The summed E-state index contributed by atoms with van der Waals surface area (Å²) in [6.45, 7) is 1.64. The van der Waals surface area contributed by atoms with Gasteiger partial charge in [0.2, 0.25) is 0 Å². The van der Waals surface area contributed by atoms with E-state index in [1.165, 1.54) is 36.5 Å². The molecule has 2 aromatic carbocycles. The molecule has 11 heteroatoms. The predicted molar refractivity (Wildman–Crippen MR) is 124 cm³/mol. The largest absolute Gasteiger partial charge is 0.482 e. The fraction of sp³-hybridized carbons (Fsp3) is 0.130. The number of ether oxygens (including phenoxy) is 1. The van der Waals surface area contributed by atoms with Gasteiger partial charge in [0, 0.05) is 23.9 Å². The highest BCUT2D eigenvalue weighted by molar-refractivity contribution is 7.22. The van der Waals surface area contributed by atoms with Gasteiger partial charge < -0.3 is 15.2 Å². The molecule has 0 unspecified atom stereocenters. The van der Waals surface area contributed by atoms with Crippen LogP contribution in [-0.2, 0) is 4.79 Å². The molecule has 2 aromatic heterocycles. The maximum Gasteiger partial charge on any atom is 0.341 e. The van der Waals surface area contributed by atoms with Crippen LogP contribution in [0.4, 0.5) is 18.7 Å². The van der Waals surface area contributed by atoms with Crippen molar-refractivity contribution in [2.45, 2.75) is 6.92 Å². The second kappa shape index (κ2) is 9.79. The summed E-state index contributed by atoms with van der Waals surface area (Å²) in [6, 6.07) is 9.80. The minimum Gasteiger partial charge on any atom is -0.482 e. The highest BCUT2D eigenvalue weighted by Crippen LogP contribution is 2.41. The summed E-state index contributed by atoms with van der Waals surface area (Å²) >= 11 is 1.01. The Kier molecular flexibility index (Phi) is 6.64. The molecule has 0 atom stereocenters. The topological polar surface area (TPSA) is 113 Å². The third kappa shape index (κ3) is 4.79. The molecule has 0 spiro atoms. The zero-order valence-electron chi connectivity index (χ0n) is 17.8. The van der Waals surface area contributed by atoms with Gasteiger partial charge in [0.05, 0.1) is 4.70 Å². The Morgan fingerprint density at radius 3 is 2.59 bits per heavy atom. The maximum atomic E-state index is 15.6. The Morgan fingerprint density at radius 2 is 1.91 bits per heavy atom. The number of nitrogens with zero attached hydrogens (tertiary/aromatic N) is 2.